The summed E-state index contributed by atoms with van der Waals surface area (Å²) in [4.78, 5) is 12.4. The molecule has 0 aromatic heterocycles. The molecule has 0 saturated carbocycles. The summed E-state index contributed by atoms with van der Waals surface area (Å²) < 4.78 is 12.1. The quantitative estimate of drug-likeness (QED) is 0.396. The van der Waals surface area contributed by atoms with Crippen LogP contribution in [0.1, 0.15) is 45.1 Å². The second kappa shape index (κ2) is 9.69. The summed E-state index contributed by atoms with van der Waals surface area (Å²) in [7, 11) is 0. The monoisotopic (exact) mass is 365 g/mol. The Labute approximate surface area is 153 Å². The van der Waals surface area contributed by atoms with Crippen LogP contribution >= 0.6 is 24.0 Å². The van der Waals surface area contributed by atoms with Crippen molar-refractivity contribution in [3.63, 3.8) is 0 Å². The van der Waals surface area contributed by atoms with Gasteiger partial charge in [-0.15, -0.1) is 0 Å². The largest absolute Gasteiger partial charge is 0.493 e. The van der Waals surface area contributed by atoms with E-state index in [1.54, 1.807) is 0 Å². The van der Waals surface area contributed by atoms with Crippen LogP contribution in [0, 0.1) is 0 Å². The van der Waals surface area contributed by atoms with Crippen LogP contribution in [0.3, 0.4) is 0 Å². The van der Waals surface area contributed by atoms with Gasteiger partial charge in [-0.2, -0.15) is 0 Å². The first-order valence-electron chi connectivity index (χ1n) is 8.28. The number of carbonyl (C=O) groups excluding carboxylic acids is 1. The van der Waals surface area contributed by atoms with E-state index in [0.717, 1.165) is 42.7 Å². The van der Waals surface area contributed by atoms with Crippen molar-refractivity contribution in [3.05, 3.63) is 28.7 Å². The zero-order valence-corrected chi connectivity index (χ0v) is 15.7. The molecule has 24 heavy (non-hydrogen) atoms. The van der Waals surface area contributed by atoms with Crippen LogP contribution in [0.15, 0.2) is 23.1 Å². The smallest absolute Gasteiger partial charge is 0.263 e. The molecule has 1 fully saturated rings. The van der Waals surface area contributed by atoms with E-state index in [0.29, 0.717) is 22.4 Å². The van der Waals surface area contributed by atoms with Gasteiger partial charge in [-0.3, -0.25) is 4.79 Å². The second-order valence-corrected chi connectivity index (χ2v) is 7.17. The van der Waals surface area contributed by atoms with Crippen LogP contribution in [0.4, 0.5) is 0 Å². The van der Waals surface area contributed by atoms with Gasteiger partial charge in [-0.1, -0.05) is 50.7 Å². The van der Waals surface area contributed by atoms with E-state index < -0.39 is 0 Å². The number of thiocarbonyl (C=S) groups is 1. The van der Waals surface area contributed by atoms with E-state index in [4.69, 9.17) is 21.7 Å². The fraction of sp³-hybridized carbons (Fsp3) is 0.444. The molecule has 1 aromatic rings. The molecule has 130 valence electrons. The fourth-order valence-electron chi connectivity index (χ4n) is 2.07. The second-order valence-electron chi connectivity index (χ2n) is 5.46. The molecule has 1 aliphatic rings. The number of rotatable bonds is 9. The van der Waals surface area contributed by atoms with Crippen molar-refractivity contribution in [2.45, 2.75) is 39.5 Å². The van der Waals surface area contributed by atoms with E-state index in [1.165, 1.54) is 11.8 Å². The Morgan fingerprint density at radius 3 is 2.50 bits per heavy atom. The maximum absolute atomic E-state index is 11.8. The van der Waals surface area contributed by atoms with Crippen LogP contribution in [0.5, 0.6) is 11.5 Å². The van der Waals surface area contributed by atoms with Gasteiger partial charge < -0.3 is 14.8 Å². The zero-order valence-electron chi connectivity index (χ0n) is 14.1. The van der Waals surface area contributed by atoms with E-state index >= 15 is 0 Å². The summed E-state index contributed by atoms with van der Waals surface area (Å²) in [5.41, 5.74) is 0.858. The Kier molecular flexibility index (Phi) is 7.59. The van der Waals surface area contributed by atoms with Crippen molar-refractivity contribution in [1.82, 2.24) is 5.32 Å². The minimum absolute atomic E-state index is 0.159. The average Bonchev–Trinajstić information content (AvgIpc) is 2.87. The maximum Gasteiger partial charge on any atom is 0.263 e. The molecule has 0 spiro atoms. The van der Waals surface area contributed by atoms with Gasteiger partial charge in [0, 0.05) is 11.6 Å². The lowest BCUT2D eigenvalue weighted by molar-refractivity contribution is -0.115. The Balaban J connectivity index is 2.19. The van der Waals surface area contributed by atoms with Gasteiger partial charge in [0.1, 0.15) is 15.8 Å². The Morgan fingerprint density at radius 1 is 1.17 bits per heavy atom. The summed E-state index contributed by atoms with van der Waals surface area (Å²) >= 11 is 6.30. The van der Waals surface area contributed by atoms with Crippen LogP contribution in [-0.2, 0) is 4.79 Å². The molecule has 1 aliphatic heterocycles. The molecular formula is C18H23NO3S2. The first kappa shape index (κ1) is 18.8. The number of benzene rings is 1. The van der Waals surface area contributed by atoms with Gasteiger partial charge in [-0.05, 0) is 31.1 Å². The molecule has 4 nitrogen and oxygen atoms in total. The highest BCUT2D eigenvalue weighted by Crippen LogP contribution is 2.31. The lowest BCUT2D eigenvalue weighted by Crippen LogP contribution is -2.17. The predicted octanol–water partition coefficient (Wildman–Crippen LogP) is 4.53. The molecule has 0 atom stereocenters. The minimum atomic E-state index is -0.159. The number of thioether (sulfide) groups is 1. The number of amides is 1. The van der Waals surface area contributed by atoms with E-state index in [2.05, 4.69) is 19.2 Å². The molecule has 1 N–H and O–H groups in total. The number of nitrogens with one attached hydrogen (secondary N) is 1. The molecule has 0 radical (unpaired) electrons. The number of carbonyl (C=O) groups is 1. The molecule has 1 saturated heterocycles. The normalized spacial score (nSPS) is 15.7. The maximum atomic E-state index is 11.8. The molecule has 1 amide bonds. The molecule has 0 aliphatic carbocycles. The molecule has 2 rings (SSSR count). The third-order valence-corrected chi connectivity index (χ3v) is 4.60. The summed E-state index contributed by atoms with van der Waals surface area (Å²) in [5.74, 6) is 1.36. The third kappa shape index (κ3) is 5.53. The highest BCUT2D eigenvalue weighted by molar-refractivity contribution is 8.26. The van der Waals surface area contributed by atoms with Crippen molar-refractivity contribution in [3.8, 4) is 11.5 Å². The van der Waals surface area contributed by atoms with Crippen LogP contribution in [-0.4, -0.2) is 23.4 Å². The van der Waals surface area contributed by atoms with Gasteiger partial charge in [0.2, 0.25) is 0 Å². The van der Waals surface area contributed by atoms with Crippen LogP contribution < -0.4 is 14.8 Å². The average molecular weight is 366 g/mol. The molecular weight excluding hydrogens is 342 g/mol. The number of hydrogen-bond donors (Lipinski definition) is 1. The summed E-state index contributed by atoms with van der Waals surface area (Å²) in [6.07, 6.45) is 5.98. The predicted molar refractivity (Wildman–Crippen MR) is 104 cm³/mol. The van der Waals surface area contributed by atoms with E-state index in [9.17, 15) is 4.79 Å². The van der Waals surface area contributed by atoms with Crippen molar-refractivity contribution in [2.24, 2.45) is 0 Å². The summed E-state index contributed by atoms with van der Waals surface area (Å²) in [6.45, 7) is 5.59. The van der Waals surface area contributed by atoms with E-state index in [1.807, 2.05) is 24.3 Å². The molecule has 0 bridgehead atoms. The zero-order chi connectivity index (χ0) is 17.4. The SMILES string of the molecule is CCCCOc1ccc(C=C2SC(=S)NC2=O)c(OCCCC)c1. The van der Waals surface area contributed by atoms with Gasteiger partial charge in [-0.25, -0.2) is 0 Å². The van der Waals surface area contributed by atoms with Gasteiger partial charge in [0.25, 0.3) is 5.91 Å². The van der Waals surface area contributed by atoms with Crippen molar-refractivity contribution in [2.75, 3.05) is 13.2 Å². The van der Waals surface area contributed by atoms with Crippen molar-refractivity contribution >= 4 is 40.3 Å². The van der Waals surface area contributed by atoms with Gasteiger partial charge in [0.15, 0.2) is 0 Å². The topological polar surface area (TPSA) is 47.6 Å². The van der Waals surface area contributed by atoms with E-state index in [-0.39, 0.29) is 5.91 Å². The highest BCUT2D eigenvalue weighted by Gasteiger charge is 2.22. The van der Waals surface area contributed by atoms with Crippen molar-refractivity contribution in [1.29, 1.82) is 0 Å². The van der Waals surface area contributed by atoms with Crippen molar-refractivity contribution < 1.29 is 14.3 Å². The van der Waals surface area contributed by atoms with Gasteiger partial charge >= 0.3 is 0 Å². The molecule has 1 heterocycles. The van der Waals surface area contributed by atoms with Crippen LogP contribution in [0.25, 0.3) is 6.08 Å². The Bertz CT molecular complexity index is 629. The Morgan fingerprint density at radius 2 is 1.88 bits per heavy atom. The lowest BCUT2D eigenvalue weighted by atomic mass is 10.1. The highest BCUT2D eigenvalue weighted by atomic mass is 32.2. The third-order valence-electron chi connectivity index (χ3n) is 3.44. The minimum Gasteiger partial charge on any atom is -0.493 e. The Hall–Kier alpha value is -1.53. The number of ether oxygens (including phenoxy) is 2. The number of hydrogen-bond acceptors (Lipinski definition) is 5. The molecule has 6 heteroatoms. The van der Waals surface area contributed by atoms with Crippen LogP contribution in [0.2, 0.25) is 0 Å². The lowest BCUT2D eigenvalue weighted by Gasteiger charge is -2.12. The number of unbranched alkanes of at least 4 members (excludes halogenated alkanes) is 2. The molecule has 0 unspecified atom stereocenters. The first-order valence-corrected chi connectivity index (χ1v) is 9.51. The fourth-order valence-corrected chi connectivity index (χ4v) is 3.11. The molecule has 1 aromatic carbocycles. The standard InChI is InChI=1S/C18H23NO3S2/c1-3-5-9-21-14-8-7-13(15(12-14)22-10-6-4-2)11-16-17(20)19-18(23)24-16/h7-8,11-12H,3-6,9-10H2,1-2H3,(H,19,20,23). The summed E-state index contributed by atoms with van der Waals surface area (Å²) in [5, 5.41) is 2.63. The summed E-state index contributed by atoms with van der Waals surface area (Å²) in [6, 6.07) is 5.73. The first-order chi connectivity index (χ1) is 11.6. The van der Waals surface area contributed by atoms with Gasteiger partial charge in [0.05, 0.1) is 18.1 Å².